The molecule has 0 bridgehead atoms. The standard InChI is InChI=1S/C8H15BN2O2/c9-3-7(10)8(13)11-2-1-6(4-11)5-12/h5-7H,1-4,9-10H2. The minimum absolute atomic E-state index is 0.0213. The molecule has 1 fully saturated rings. The van der Waals surface area contributed by atoms with E-state index in [-0.39, 0.29) is 11.8 Å². The van der Waals surface area contributed by atoms with Crippen LogP contribution in [-0.4, -0.2) is 44.1 Å². The fraction of sp³-hybridized carbons (Fsp3) is 0.750. The number of likely N-dealkylation sites (tertiary alicyclic amines) is 1. The van der Waals surface area contributed by atoms with Gasteiger partial charge in [-0.1, -0.05) is 6.32 Å². The second-order valence-electron chi connectivity index (χ2n) is 3.48. The van der Waals surface area contributed by atoms with Crippen LogP contribution in [0.4, 0.5) is 0 Å². The maximum Gasteiger partial charge on any atom is 0.238 e. The number of carbonyl (C=O) groups excluding carboxylic acids is 2. The SMILES string of the molecule is BCC(N)C(=O)N1CCC(C=O)C1. The third-order valence-corrected chi connectivity index (χ3v) is 2.49. The summed E-state index contributed by atoms with van der Waals surface area (Å²) >= 11 is 0. The molecule has 0 aromatic rings. The Morgan fingerprint density at radius 1 is 1.77 bits per heavy atom. The van der Waals surface area contributed by atoms with Gasteiger partial charge >= 0.3 is 0 Å². The Morgan fingerprint density at radius 2 is 2.46 bits per heavy atom. The number of hydrogen-bond acceptors (Lipinski definition) is 3. The molecule has 1 aliphatic rings. The first-order chi connectivity index (χ1) is 6.19. The average Bonchev–Trinajstić information content (AvgIpc) is 2.63. The van der Waals surface area contributed by atoms with E-state index < -0.39 is 6.04 Å². The van der Waals surface area contributed by atoms with Crippen LogP contribution in [0.3, 0.4) is 0 Å². The summed E-state index contributed by atoms with van der Waals surface area (Å²) in [7, 11) is 1.88. The Morgan fingerprint density at radius 3 is 2.92 bits per heavy atom. The first-order valence-electron chi connectivity index (χ1n) is 4.68. The van der Waals surface area contributed by atoms with Gasteiger partial charge in [0, 0.05) is 19.0 Å². The van der Waals surface area contributed by atoms with Gasteiger partial charge in [0.2, 0.25) is 5.91 Å². The number of aldehydes is 1. The van der Waals surface area contributed by atoms with Crippen molar-refractivity contribution in [1.29, 1.82) is 0 Å². The highest BCUT2D eigenvalue weighted by Gasteiger charge is 2.27. The maximum absolute atomic E-state index is 11.5. The summed E-state index contributed by atoms with van der Waals surface area (Å²) in [4.78, 5) is 23.7. The van der Waals surface area contributed by atoms with Crippen LogP contribution in [-0.2, 0) is 9.59 Å². The minimum Gasteiger partial charge on any atom is -0.341 e. The van der Waals surface area contributed by atoms with Crippen molar-refractivity contribution >= 4 is 20.0 Å². The topological polar surface area (TPSA) is 63.4 Å². The van der Waals surface area contributed by atoms with Crippen molar-refractivity contribution in [3.05, 3.63) is 0 Å². The van der Waals surface area contributed by atoms with Crippen molar-refractivity contribution in [1.82, 2.24) is 4.90 Å². The molecule has 1 aliphatic heterocycles. The zero-order valence-electron chi connectivity index (χ0n) is 7.90. The minimum atomic E-state index is -0.398. The molecule has 0 aliphatic carbocycles. The molecule has 72 valence electrons. The quantitative estimate of drug-likeness (QED) is 0.422. The van der Waals surface area contributed by atoms with E-state index in [0.29, 0.717) is 19.4 Å². The molecular weight excluding hydrogens is 167 g/mol. The van der Waals surface area contributed by atoms with E-state index in [1.165, 1.54) is 0 Å². The molecular formula is C8H15BN2O2. The number of hydrogen-bond donors (Lipinski definition) is 1. The van der Waals surface area contributed by atoms with Gasteiger partial charge in [0.1, 0.15) is 14.1 Å². The Kier molecular flexibility index (Phi) is 3.48. The molecule has 2 atom stereocenters. The Hall–Kier alpha value is -0.835. The van der Waals surface area contributed by atoms with Crippen molar-refractivity contribution in [3.8, 4) is 0 Å². The van der Waals surface area contributed by atoms with Crippen LogP contribution in [0, 0.1) is 5.92 Å². The van der Waals surface area contributed by atoms with Crippen molar-refractivity contribution in [3.63, 3.8) is 0 Å². The van der Waals surface area contributed by atoms with Gasteiger partial charge in [-0.25, -0.2) is 0 Å². The first-order valence-corrected chi connectivity index (χ1v) is 4.68. The number of amides is 1. The highest BCUT2D eigenvalue weighted by Crippen LogP contribution is 2.14. The monoisotopic (exact) mass is 182 g/mol. The fourth-order valence-electron chi connectivity index (χ4n) is 1.51. The van der Waals surface area contributed by atoms with Crippen LogP contribution >= 0.6 is 0 Å². The van der Waals surface area contributed by atoms with Gasteiger partial charge in [-0.05, 0) is 6.42 Å². The van der Waals surface area contributed by atoms with Crippen LogP contribution in [0.5, 0.6) is 0 Å². The lowest BCUT2D eigenvalue weighted by Gasteiger charge is -2.19. The maximum atomic E-state index is 11.5. The van der Waals surface area contributed by atoms with Gasteiger partial charge < -0.3 is 15.4 Å². The third-order valence-electron chi connectivity index (χ3n) is 2.49. The molecule has 1 rings (SSSR count). The molecule has 1 saturated heterocycles. The van der Waals surface area contributed by atoms with Crippen molar-refractivity contribution in [2.24, 2.45) is 11.7 Å². The second-order valence-corrected chi connectivity index (χ2v) is 3.48. The zero-order chi connectivity index (χ0) is 9.84. The van der Waals surface area contributed by atoms with Crippen molar-refractivity contribution in [2.45, 2.75) is 18.8 Å². The third kappa shape index (κ3) is 2.31. The van der Waals surface area contributed by atoms with Crippen LogP contribution in [0.15, 0.2) is 0 Å². The van der Waals surface area contributed by atoms with E-state index >= 15 is 0 Å². The molecule has 5 heteroatoms. The lowest BCUT2D eigenvalue weighted by Crippen LogP contribution is -2.42. The molecule has 2 N–H and O–H groups in total. The average molecular weight is 182 g/mol. The lowest BCUT2D eigenvalue weighted by atomic mass is 9.97. The predicted octanol–water partition coefficient (Wildman–Crippen LogP) is -1.59. The number of nitrogens with two attached hydrogens (primary N) is 1. The van der Waals surface area contributed by atoms with Crippen molar-refractivity contribution < 1.29 is 9.59 Å². The van der Waals surface area contributed by atoms with Crippen molar-refractivity contribution in [2.75, 3.05) is 13.1 Å². The molecule has 4 nitrogen and oxygen atoms in total. The fourth-order valence-corrected chi connectivity index (χ4v) is 1.51. The number of carbonyl (C=O) groups is 2. The first kappa shape index (κ1) is 10.2. The highest BCUT2D eigenvalue weighted by atomic mass is 16.2. The van der Waals surface area contributed by atoms with E-state index in [1.807, 2.05) is 7.85 Å². The number of nitrogens with zero attached hydrogens (tertiary/aromatic N) is 1. The number of rotatable bonds is 3. The molecule has 0 aromatic heterocycles. The smallest absolute Gasteiger partial charge is 0.238 e. The van der Waals surface area contributed by atoms with Gasteiger partial charge in [0.05, 0.1) is 6.04 Å². The molecule has 1 amide bonds. The summed E-state index contributed by atoms with van der Waals surface area (Å²) in [5.74, 6) is -0.000133. The Balaban J connectivity index is 2.46. The van der Waals surface area contributed by atoms with Gasteiger partial charge in [-0.2, -0.15) is 0 Å². The predicted molar refractivity (Wildman–Crippen MR) is 52.1 cm³/mol. The summed E-state index contributed by atoms with van der Waals surface area (Å²) in [5.41, 5.74) is 5.60. The van der Waals surface area contributed by atoms with Gasteiger partial charge in [-0.15, -0.1) is 0 Å². The normalized spacial score (nSPS) is 24.4. The molecule has 0 saturated carbocycles. The molecule has 2 unspecified atom stereocenters. The molecule has 1 heterocycles. The van der Waals surface area contributed by atoms with Crippen LogP contribution in [0.25, 0.3) is 0 Å². The highest BCUT2D eigenvalue weighted by molar-refractivity contribution is 6.11. The molecule has 13 heavy (non-hydrogen) atoms. The zero-order valence-corrected chi connectivity index (χ0v) is 7.90. The molecule has 0 aromatic carbocycles. The van der Waals surface area contributed by atoms with E-state index in [2.05, 4.69) is 0 Å². The summed E-state index contributed by atoms with van der Waals surface area (Å²) < 4.78 is 0. The van der Waals surface area contributed by atoms with E-state index in [9.17, 15) is 9.59 Å². The lowest BCUT2D eigenvalue weighted by molar-refractivity contribution is -0.131. The second kappa shape index (κ2) is 4.41. The summed E-state index contributed by atoms with van der Waals surface area (Å²) in [5, 5.41) is 0. The summed E-state index contributed by atoms with van der Waals surface area (Å²) in [6, 6.07) is -0.398. The van der Waals surface area contributed by atoms with Gasteiger partial charge in [0.25, 0.3) is 0 Å². The van der Waals surface area contributed by atoms with E-state index in [1.54, 1.807) is 4.90 Å². The van der Waals surface area contributed by atoms with Crippen LogP contribution in [0.1, 0.15) is 6.42 Å². The summed E-state index contributed by atoms with van der Waals surface area (Å²) in [6.45, 7) is 1.23. The largest absolute Gasteiger partial charge is 0.341 e. The molecule has 0 radical (unpaired) electrons. The van der Waals surface area contributed by atoms with E-state index in [4.69, 9.17) is 5.73 Å². The van der Waals surface area contributed by atoms with Gasteiger partial charge in [-0.3, -0.25) is 4.79 Å². The van der Waals surface area contributed by atoms with Crippen LogP contribution < -0.4 is 5.73 Å². The van der Waals surface area contributed by atoms with Crippen LogP contribution in [0.2, 0.25) is 6.32 Å². The Bertz CT molecular complexity index is 210. The van der Waals surface area contributed by atoms with Gasteiger partial charge in [0.15, 0.2) is 0 Å². The van der Waals surface area contributed by atoms with E-state index in [0.717, 1.165) is 12.7 Å². The Labute approximate surface area is 78.9 Å². The summed E-state index contributed by atoms with van der Waals surface area (Å²) in [6.07, 6.45) is 2.36. The molecule has 0 spiro atoms.